The lowest BCUT2D eigenvalue weighted by Gasteiger charge is -2.37. The van der Waals surface area contributed by atoms with E-state index in [4.69, 9.17) is 5.73 Å². The van der Waals surface area contributed by atoms with E-state index in [0.29, 0.717) is 32.4 Å². The third-order valence-electron chi connectivity index (χ3n) is 4.69. The Hall–Kier alpha value is -1.40. The number of nitrogens with two attached hydrogens (primary N) is 1. The molecule has 2 aliphatic heterocycles. The van der Waals surface area contributed by atoms with Gasteiger partial charge in [-0.1, -0.05) is 18.2 Å². The maximum atomic E-state index is 12.5. The van der Waals surface area contributed by atoms with Crippen molar-refractivity contribution in [3.8, 4) is 0 Å². The molecule has 0 saturated carbocycles. The number of rotatable bonds is 5. The van der Waals surface area contributed by atoms with Crippen molar-refractivity contribution in [3.05, 3.63) is 24.3 Å². The van der Waals surface area contributed by atoms with Crippen LogP contribution >= 0.6 is 11.8 Å². The molecule has 1 spiro atoms. The van der Waals surface area contributed by atoms with Crippen molar-refractivity contribution in [3.63, 3.8) is 0 Å². The SMILES string of the molecule is NCCCC(=O)C1SC23C=CC=CC2=NCCC3C1C(=O)O. The quantitative estimate of drug-likeness (QED) is 0.799. The van der Waals surface area contributed by atoms with Crippen LogP contribution < -0.4 is 5.73 Å². The van der Waals surface area contributed by atoms with E-state index in [1.165, 1.54) is 11.8 Å². The van der Waals surface area contributed by atoms with Crippen LogP contribution in [0.15, 0.2) is 29.3 Å². The number of thioether (sulfide) groups is 1. The molecule has 0 amide bonds. The van der Waals surface area contributed by atoms with E-state index >= 15 is 0 Å². The summed E-state index contributed by atoms with van der Waals surface area (Å²) in [5.74, 6) is -1.58. The first-order valence-electron chi connectivity index (χ1n) is 7.64. The van der Waals surface area contributed by atoms with Crippen LogP contribution in [-0.2, 0) is 9.59 Å². The predicted octanol–water partition coefficient (Wildman–Crippen LogP) is 1.44. The van der Waals surface area contributed by atoms with Gasteiger partial charge in [-0.15, -0.1) is 11.8 Å². The number of nitrogens with zero attached hydrogens (tertiary/aromatic N) is 1. The Kier molecular flexibility index (Phi) is 4.23. The van der Waals surface area contributed by atoms with Crippen LogP contribution in [0.5, 0.6) is 0 Å². The zero-order chi connectivity index (χ0) is 15.7. The number of ketones is 1. The van der Waals surface area contributed by atoms with Gasteiger partial charge in [0.25, 0.3) is 0 Å². The monoisotopic (exact) mass is 320 g/mol. The second-order valence-corrected chi connectivity index (χ2v) is 7.35. The van der Waals surface area contributed by atoms with Gasteiger partial charge in [0.1, 0.15) is 5.78 Å². The highest BCUT2D eigenvalue weighted by Crippen LogP contribution is 2.57. The molecule has 0 radical (unpaired) electrons. The highest BCUT2D eigenvalue weighted by Gasteiger charge is 2.60. The zero-order valence-electron chi connectivity index (χ0n) is 12.3. The fraction of sp³-hybridized carbons (Fsp3) is 0.562. The lowest BCUT2D eigenvalue weighted by atomic mass is 9.72. The van der Waals surface area contributed by atoms with Gasteiger partial charge in [-0.2, -0.15) is 0 Å². The summed E-state index contributed by atoms with van der Waals surface area (Å²) < 4.78 is -0.445. The molecular formula is C16H20N2O3S. The van der Waals surface area contributed by atoms with Gasteiger partial charge in [0, 0.05) is 13.0 Å². The number of carboxylic acid groups (broad SMARTS) is 1. The van der Waals surface area contributed by atoms with E-state index in [0.717, 1.165) is 5.71 Å². The molecule has 4 atom stereocenters. The summed E-state index contributed by atoms with van der Waals surface area (Å²) in [5, 5.41) is 9.21. The average Bonchev–Trinajstić information content (AvgIpc) is 2.86. The Morgan fingerprint density at radius 2 is 2.27 bits per heavy atom. The second-order valence-electron chi connectivity index (χ2n) is 5.93. The van der Waals surface area contributed by atoms with Gasteiger partial charge in [0.05, 0.1) is 21.6 Å². The van der Waals surface area contributed by atoms with E-state index < -0.39 is 21.9 Å². The lowest BCUT2D eigenvalue weighted by molar-refractivity contribution is -0.145. The molecule has 0 aromatic carbocycles. The van der Waals surface area contributed by atoms with Gasteiger partial charge < -0.3 is 10.8 Å². The molecule has 3 N–H and O–H groups in total. The minimum Gasteiger partial charge on any atom is -0.481 e. The van der Waals surface area contributed by atoms with Gasteiger partial charge in [-0.3, -0.25) is 14.6 Å². The highest BCUT2D eigenvalue weighted by molar-refractivity contribution is 8.03. The van der Waals surface area contributed by atoms with Crippen LogP contribution in [-0.4, -0.2) is 45.7 Å². The van der Waals surface area contributed by atoms with Gasteiger partial charge in [0.15, 0.2) is 0 Å². The number of aliphatic imine (C=N–C) groups is 1. The molecule has 0 bridgehead atoms. The molecule has 1 fully saturated rings. The number of hydrogen-bond donors (Lipinski definition) is 2. The number of Topliss-reactive ketones (excluding diaryl/α,β-unsaturated/α-hetero) is 1. The number of allylic oxidation sites excluding steroid dienone is 3. The van der Waals surface area contributed by atoms with Crippen molar-refractivity contribution in [2.75, 3.05) is 13.1 Å². The standard InChI is InChI=1S/C16H20N2O3S/c17-8-3-4-11(19)14-13(15(20)21)10-6-9-18-12-5-1-2-7-16(10,12)22-14/h1-2,5,7,10,13-14H,3-4,6,8-9,17H2,(H,20,21). The summed E-state index contributed by atoms with van der Waals surface area (Å²) in [6, 6.07) is 0. The summed E-state index contributed by atoms with van der Waals surface area (Å²) in [6.45, 7) is 1.08. The minimum absolute atomic E-state index is 0.00827. The van der Waals surface area contributed by atoms with E-state index in [-0.39, 0.29) is 11.7 Å². The first kappa shape index (κ1) is 15.5. The van der Waals surface area contributed by atoms with Crippen LogP contribution in [0.1, 0.15) is 19.3 Å². The van der Waals surface area contributed by atoms with Crippen LogP contribution in [0.2, 0.25) is 0 Å². The predicted molar refractivity (Wildman–Crippen MR) is 87.2 cm³/mol. The second kappa shape index (κ2) is 6.01. The van der Waals surface area contributed by atoms with Gasteiger partial charge in [0.2, 0.25) is 0 Å². The summed E-state index contributed by atoms with van der Waals surface area (Å²) in [6.07, 6.45) is 9.52. The highest BCUT2D eigenvalue weighted by atomic mass is 32.2. The molecule has 2 heterocycles. The molecule has 1 saturated heterocycles. The van der Waals surface area contributed by atoms with Crippen LogP contribution in [0.3, 0.4) is 0 Å². The van der Waals surface area contributed by atoms with Crippen molar-refractivity contribution >= 4 is 29.2 Å². The fourth-order valence-corrected chi connectivity index (χ4v) is 5.67. The van der Waals surface area contributed by atoms with Crippen LogP contribution in [0.4, 0.5) is 0 Å². The van der Waals surface area contributed by atoms with Crippen molar-refractivity contribution in [2.24, 2.45) is 22.6 Å². The van der Waals surface area contributed by atoms with E-state index in [2.05, 4.69) is 4.99 Å². The van der Waals surface area contributed by atoms with E-state index in [1.807, 2.05) is 24.3 Å². The Balaban J connectivity index is 1.96. The first-order valence-corrected chi connectivity index (χ1v) is 8.52. The number of carbonyl (C=O) groups excluding carboxylic acids is 1. The van der Waals surface area contributed by atoms with Crippen molar-refractivity contribution in [1.82, 2.24) is 0 Å². The minimum atomic E-state index is -0.871. The molecule has 3 aliphatic rings. The molecule has 5 nitrogen and oxygen atoms in total. The number of aliphatic carboxylic acids is 1. The lowest BCUT2D eigenvalue weighted by Crippen LogP contribution is -2.44. The Morgan fingerprint density at radius 3 is 3.00 bits per heavy atom. The van der Waals surface area contributed by atoms with Crippen LogP contribution in [0, 0.1) is 11.8 Å². The maximum absolute atomic E-state index is 12.5. The van der Waals surface area contributed by atoms with Gasteiger partial charge >= 0.3 is 5.97 Å². The zero-order valence-corrected chi connectivity index (χ0v) is 13.1. The Bertz CT molecular complexity index is 584. The topological polar surface area (TPSA) is 92.8 Å². The molecule has 0 aromatic heterocycles. The van der Waals surface area contributed by atoms with E-state index in [1.54, 1.807) is 0 Å². The van der Waals surface area contributed by atoms with Crippen molar-refractivity contribution in [1.29, 1.82) is 0 Å². The van der Waals surface area contributed by atoms with Gasteiger partial charge in [-0.25, -0.2) is 0 Å². The third-order valence-corrected chi connectivity index (χ3v) is 6.54. The van der Waals surface area contributed by atoms with E-state index in [9.17, 15) is 14.7 Å². The number of carboxylic acids is 1. The molecule has 3 rings (SSSR count). The third kappa shape index (κ3) is 2.34. The first-order chi connectivity index (χ1) is 10.6. The van der Waals surface area contributed by atoms with Crippen molar-refractivity contribution in [2.45, 2.75) is 29.3 Å². The smallest absolute Gasteiger partial charge is 0.308 e. The molecule has 6 heteroatoms. The summed E-state index contributed by atoms with van der Waals surface area (Å²) in [7, 11) is 0. The Morgan fingerprint density at radius 1 is 1.45 bits per heavy atom. The molecule has 1 aliphatic carbocycles. The maximum Gasteiger partial charge on any atom is 0.308 e. The Labute approximate surface area is 133 Å². The largest absolute Gasteiger partial charge is 0.481 e. The molecule has 118 valence electrons. The summed E-state index contributed by atoms with van der Waals surface area (Å²) in [5.41, 5.74) is 6.39. The summed E-state index contributed by atoms with van der Waals surface area (Å²) in [4.78, 5) is 28.9. The summed E-state index contributed by atoms with van der Waals surface area (Å²) >= 11 is 1.48. The van der Waals surface area contributed by atoms with Gasteiger partial charge in [-0.05, 0) is 31.4 Å². The molecule has 22 heavy (non-hydrogen) atoms. The average molecular weight is 320 g/mol. The normalized spacial score (nSPS) is 35.7. The molecular weight excluding hydrogens is 300 g/mol. The van der Waals surface area contributed by atoms with Crippen LogP contribution in [0.25, 0.3) is 0 Å². The number of carbonyl (C=O) groups is 2. The fourth-order valence-electron chi connectivity index (χ4n) is 3.70. The van der Waals surface area contributed by atoms with Crippen molar-refractivity contribution < 1.29 is 14.7 Å². The number of hydrogen-bond acceptors (Lipinski definition) is 5. The molecule has 0 aromatic rings. The molecule has 4 unspecified atom stereocenters.